The zero-order valence-corrected chi connectivity index (χ0v) is 14.4. The molecule has 1 saturated heterocycles. The fraction of sp³-hybridized carbons (Fsp3) is 0.583. The van der Waals surface area contributed by atoms with E-state index in [1.165, 1.54) is 37.6 Å². The molecule has 0 aromatic carbocycles. The number of pyridine rings is 1. The number of unbranched alkanes of at least 4 members (excludes halogenated alkanes) is 1. The third-order valence-corrected chi connectivity index (χ3v) is 5.42. The van der Waals surface area contributed by atoms with Gasteiger partial charge in [0.2, 0.25) is 0 Å². The third kappa shape index (κ3) is 6.32. The first-order valence-corrected chi connectivity index (χ1v) is 8.89. The van der Waals surface area contributed by atoms with Crippen molar-refractivity contribution >= 4 is 59.1 Å². The minimum Gasteiger partial charge on any atom is -0.293 e. The van der Waals surface area contributed by atoms with Gasteiger partial charge in [-0.15, -0.1) is 35.9 Å². The van der Waals surface area contributed by atoms with E-state index in [4.69, 9.17) is 23.2 Å². The molecule has 0 saturated carbocycles. The van der Waals surface area contributed by atoms with Crippen molar-refractivity contribution in [2.45, 2.75) is 17.9 Å². The Morgan fingerprint density at radius 2 is 2.21 bits per heavy atom. The Morgan fingerprint density at radius 3 is 2.89 bits per heavy atom. The van der Waals surface area contributed by atoms with Gasteiger partial charge in [0.1, 0.15) is 5.03 Å². The minimum absolute atomic E-state index is 0. The second-order valence-electron chi connectivity index (χ2n) is 4.15. The highest BCUT2D eigenvalue weighted by Gasteiger charge is 2.10. The van der Waals surface area contributed by atoms with Crippen LogP contribution in [-0.2, 0) is 0 Å². The zero-order valence-electron chi connectivity index (χ0n) is 10.5. The summed E-state index contributed by atoms with van der Waals surface area (Å²) in [6, 6.07) is 1.75. The SMILES string of the molecule is Cl.Clc1cnc(SCCCCN2CCSC2)c(Cl)c1. The van der Waals surface area contributed by atoms with Gasteiger partial charge in [0.15, 0.2) is 0 Å². The Balaban J connectivity index is 0.00000180. The van der Waals surface area contributed by atoms with Gasteiger partial charge in [0.25, 0.3) is 0 Å². The fourth-order valence-corrected chi connectivity index (χ4v) is 4.19. The summed E-state index contributed by atoms with van der Waals surface area (Å²) in [6.45, 7) is 2.47. The Hall–Kier alpha value is 0.680. The van der Waals surface area contributed by atoms with Gasteiger partial charge in [-0.2, -0.15) is 0 Å². The lowest BCUT2D eigenvalue weighted by atomic mass is 10.3. The second-order valence-corrected chi connectivity index (χ2v) is 7.15. The van der Waals surface area contributed by atoms with Gasteiger partial charge in [-0.3, -0.25) is 4.90 Å². The predicted molar refractivity (Wildman–Crippen MR) is 90.4 cm³/mol. The summed E-state index contributed by atoms with van der Waals surface area (Å²) in [5.41, 5.74) is 0. The molecule has 108 valence electrons. The molecule has 7 heteroatoms. The van der Waals surface area contributed by atoms with E-state index >= 15 is 0 Å². The molecule has 19 heavy (non-hydrogen) atoms. The summed E-state index contributed by atoms with van der Waals surface area (Å²) in [4.78, 5) is 6.75. The highest BCUT2D eigenvalue weighted by molar-refractivity contribution is 7.99. The summed E-state index contributed by atoms with van der Waals surface area (Å²) in [5, 5.41) is 2.14. The van der Waals surface area contributed by atoms with Crippen LogP contribution < -0.4 is 0 Å². The molecule has 1 aromatic heterocycles. The average Bonchev–Trinajstić information content (AvgIpc) is 2.84. The summed E-state index contributed by atoms with van der Waals surface area (Å²) in [5.74, 6) is 3.56. The number of hydrogen-bond donors (Lipinski definition) is 0. The van der Waals surface area contributed by atoms with Crippen molar-refractivity contribution in [2.24, 2.45) is 0 Å². The Kier molecular flexibility index (Phi) is 8.95. The van der Waals surface area contributed by atoms with Crippen molar-refractivity contribution in [2.75, 3.05) is 30.5 Å². The second kappa shape index (κ2) is 9.59. The quantitative estimate of drug-likeness (QED) is 0.541. The lowest BCUT2D eigenvalue weighted by Crippen LogP contribution is -2.20. The van der Waals surface area contributed by atoms with E-state index in [2.05, 4.69) is 9.88 Å². The molecule has 2 rings (SSSR count). The van der Waals surface area contributed by atoms with E-state index in [-0.39, 0.29) is 12.4 Å². The molecule has 1 aliphatic heterocycles. The number of halogens is 3. The molecule has 0 atom stereocenters. The summed E-state index contributed by atoms with van der Waals surface area (Å²) in [7, 11) is 0. The van der Waals surface area contributed by atoms with E-state index in [0.29, 0.717) is 10.0 Å². The summed E-state index contributed by atoms with van der Waals surface area (Å²) >= 11 is 15.6. The molecule has 0 spiro atoms. The maximum atomic E-state index is 6.07. The lowest BCUT2D eigenvalue weighted by Gasteiger charge is -2.12. The average molecular weight is 360 g/mol. The maximum absolute atomic E-state index is 6.07. The van der Waals surface area contributed by atoms with Crippen molar-refractivity contribution in [3.63, 3.8) is 0 Å². The predicted octanol–water partition coefficient (Wildman–Crippen LogP) is 4.69. The van der Waals surface area contributed by atoms with Crippen molar-refractivity contribution in [1.29, 1.82) is 0 Å². The summed E-state index contributed by atoms with van der Waals surface area (Å²) < 4.78 is 0. The highest BCUT2D eigenvalue weighted by atomic mass is 35.5. The molecular formula is C12H17Cl3N2S2. The standard InChI is InChI=1S/C12H16Cl2N2S2.ClH/c13-10-7-11(14)12(15-8-10)18-5-2-1-3-16-4-6-17-9-16;/h7-8H,1-6,9H2;1H. The van der Waals surface area contributed by atoms with Gasteiger partial charge >= 0.3 is 0 Å². The fourth-order valence-electron chi connectivity index (χ4n) is 1.74. The molecule has 0 amide bonds. The van der Waals surface area contributed by atoms with Crippen LogP contribution in [0.2, 0.25) is 10.0 Å². The molecule has 0 N–H and O–H groups in total. The molecule has 1 fully saturated rings. The van der Waals surface area contributed by atoms with Crippen LogP contribution in [0.4, 0.5) is 0 Å². The largest absolute Gasteiger partial charge is 0.293 e. The third-order valence-electron chi connectivity index (χ3n) is 2.71. The van der Waals surface area contributed by atoms with Gasteiger partial charge in [-0.25, -0.2) is 4.98 Å². The molecule has 0 unspecified atom stereocenters. The first-order valence-electron chi connectivity index (χ1n) is 5.99. The van der Waals surface area contributed by atoms with Gasteiger partial charge in [-0.05, 0) is 31.2 Å². The zero-order chi connectivity index (χ0) is 12.8. The van der Waals surface area contributed by atoms with E-state index < -0.39 is 0 Å². The van der Waals surface area contributed by atoms with Gasteiger partial charge in [0.05, 0.1) is 10.0 Å². The molecule has 0 radical (unpaired) electrons. The molecular weight excluding hydrogens is 343 g/mol. The van der Waals surface area contributed by atoms with Gasteiger partial charge in [-0.1, -0.05) is 23.2 Å². The van der Waals surface area contributed by atoms with Gasteiger partial charge in [0, 0.05) is 24.4 Å². The van der Waals surface area contributed by atoms with E-state index in [9.17, 15) is 0 Å². The van der Waals surface area contributed by atoms with Crippen LogP contribution in [0.3, 0.4) is 0 Å². The molecule has 0 bridgehead atoms. The maximum Gasteiger partial charge on any atom is 0.115 e. The number of rotatable bonds is 6. The van der Waals surface area contributed by atoms with Crippen molar-refractivity contribution in [3.8, 4) is 0 Å². The number of aromatic nitrogens is 1. The normalized spacial score (nSPS) is 15.5. The van der Waals surface area contributed by atoms with Crippen LogP contribution in [0.15, 0.2) is 17.3 Å². The number of nitrogens with zero attached hydrogens (tertiary/aromatic N) is 2. The van der Waals surface area contributed by atoms with Crippen LogP contribution in [0.25, 0.3) is 0 Å². The summed E-state index contributed by atoms with van der Waals surface area (Å²) in [6.07, 6.45) is 4.10. The van der Waals surface area contributed by atoms with E-state index in [1.807, 2.05) is 11.8 Å². The first-order chi connectivity index (χ1) is 8.75. The topological polar surface area (TPSA) is 16.1 Å². The van der Waals surface area contributed by atoms with Crippen molar-refractivity contribution < 1.29 is 0 Å². The monoisotopic (exact) mass is 358 g/mol. The van der Waals surface area contributed by atoms with Crippen LogP contribution in [0, 0.1) is 0 Å². The Bertz CT molecular complexity index is 387. The molecule has 1 aromatic rings. The van der Waals surface area contributed by atoms with Crippen molar-refractivity contribution in [1.82, 2.24) is 9.88 Å². The van der Waals surface area contributed by atoms with Crippen LogP contribution >= 0.6 is 59.1 Å². The molecule has 1 aliphatic rings. The van der Waals surface area contributed by atoms with Crippen LogP contribution in [-0.4, -0.2) is 40.4 Å². The Labute approximate surface area is 139 Å². The van der Waals surface area contributed by atoms with Crippen molar-refractivity contribution in [3.05, 3.63) is 22.3 Å². The molecule has 2 heterocycles. The smallest absolute Gasteiger partial charge is 0.115 e. The van der Waals surface area contributed by atoms with Crippen LogP contribution in [0.5, 0.6) is 0 Å². The van der Waals surface area contributed by atoms with E-state index in [0.717, 1.165) is 10.8 Å². The molecule has 2 nitrogen and oxygen atoms in total. The Morgan fingerprint density at radius 1 is 1.37 bits per heavy atom. The number of thioether (sulfide) groups is 2. The van der Waals surface area contributed by atoms with E-state index in [1.54, 1.807) is 24.0 Å². The number of hydrogen-bond acceptors (Lipinski definition) is 4. The lowest BCUT2D eigenvalue weighted by molar-refractivity contribution is 0.349. The molecule has 0 aliphatic carbocycles. The van der Waals surface area contributed by atoms with Crippen LogP contribution in [0.1, 0.15) is 12.8 Å². The van der Waals surface area contributed by atoms with Gasteiger partial charge < -0.3 is 0 Å². The first kappa shape index (κ1) is 17.7. The highest BCUT2D eigenvalue weighted by Crippen LogP contribution is 2.27. The minimum atomic E-state index is 0.